The van der Waals surface area contributed by atoms with Crippen LogP contribution in [0.2, 0.25) is 5.02 Å². The first-order valence-corrected chi connectivity index (χ1v) is 7.58. The number of nitrogen functional groups attached to an aromatic ring is 1. The molecule has 0 amide bonds. The molecular weight excluding hydrogens is 301 g/mol. The summed E-state index contributed by atoms with van der Waals surface area (Å²) in [7, 11) is -1.30. The Morgan fingerprint density at radius 2 is 2.00 bits per heavy atom. The number of halogens is 2. The van der Waals surface area contributed by atoms with E-state index in [2.05, 4.69) is 0 Å². The molecule has 0 aromatic heterocycles. The molecule has 1 unspecified atom stereocenters. The first kappa shape index (κ1) is 14.8. The zero-order valence-corrected chi connectivity index (χ0v) is 12.1. The lowest BCUT2D eigenvalue weighted by molar-refractivity contribution is 0.344. The molecule has 0 aliphatic heterocycles. The summed E-state index contributed by atoms with van der Waals surface area (Å²) >= 11 is 5.65. The summed E-state index contributed by atoms with van der Waals surface area (Å²) in [6, 6.07) is 11.1. The molecule has 1 atom stereocenters. The van der Waals surface area contributed by atoms with Crippen LogP contribution in [0.25, 0.3) is 0 Å². The summed E-state index contributed by atoms with van der Waals surface area (Å²) in [5, 5.41) is -0.0379. The van der Waals surface area contributed by atoms with Crippen molar-refractivity contribution in [3.05, 3.63) is 53.3 Å². The molecule has 0 heterocycles. The van der Waals surface area contributed by atoms with Crippen LogP contribution in [0, 0.1) is 5.82 Å². The van der Waals surface area contributed by atoms with Gasteiger partial charge >= 0.3 is 0 Å². The van der Waals surface area contributed by atoms with Gasteiger partial charge in [0.15, 0.2) is 0 Å². The topological polar surface area (TPSA) is 52.3 Å². The number of rotatable bonds is 5. The maximum absolute atomic E-state index is 13.0. The van der Waals surface area contributed by atoms with Crippen molar-refractivity contribution in [3.8, 4) is 5.75 Å². The summed E-state index contributed by atoms with van der Waals surface area (Å²) in [6.07, 6.45) is 0. The van der Waals surface area contributed by atoms with Crippen molar-refractivity contribution in [2.75, 3.05) is 18.1 Å². The highest BCUT2D eigenvalue weighted by Gasteiger charge is 2.08. The van der Waals surface area contributed by atoms with Gasteiger partial charge in [0.05, 0.1) is 27.3 Å². The molecule has 106 valence electrons. The molecule has 0 aliphatic carbocycles. The van der Waals surface area contributed by atoms with Crippen LogP contribution in [0.1, 0.15) is 0 Å². The van der Waals surface area contributed by atoms with Crippen molar-refractivity contribution >= 4 is 28.1 Å². The van der Waals surface area contributed by atoms with Crippen LogP contribution >= 0.6 is 11.6 Å². The Morgan fingerprint density at radius 3 is 2.70 bits per heavy atom. The van der Waals surface area contributed by atoms with Gasteiger partial charge < -0.3 is 10.5 Å². The highest BCUT2D eigenvalue weighted by atomic mass is 35.5. The van der Waals surface area contributed by atoms with E-state index in [9.17, 15) is 8.60 Å². The minimum atomic E-state index is -1.30. The van der Waals surface area contributed by atoms with Gasteiger partial charge in [-0.05, 0) is 30.3 Å². The third-order valence-electron chi connectivity index (χ3n) is 2.60. The number of nitrogens with two attached hydrogens (primary N) is 1. The maximum Gasteiger partial charge on any atom is 0.142 e. The van der Waals surface area contributed by atoms with Crippen LogP contribution < -0.4 is 10.5 Å². The average Bonchev–Trinajstić information content (AvgIpc) is 2.44. The van der Waals surface area contributed by atoms with E-state index in [0.29, 0.717) is 16.3 Å². The van der Waals surface area contributed by atoms with Crippen molar-refractivity contribution < 1.29 is 13.3 Å². The molecule has 6 heteroatoms. The summed E-state index contributed by atoms with van der Waals surface area (Å²) in [5.74, 6) is 0.304. The van der Waals surface area contributed by atoms with Crippen molar-refractivity contribution in [2.45, 2.75) is 4.90 Å². The maximum atomic E-state index is 13.0. The Morgan fingerprint density at radius 1 is 1.25 bits per heavy atom. The molecule has 2 aromatic rings. The molecule has 20 heavy (non-hydrogen) atoms. The Hall–Kier alpha value is -1.59. The van der Waals surface area contributed by atoms with Gasteiger partial charge in [-0.15, -0.1) is 0 Å². The number of ether oxygens (including phenoxy) is 1. The molecular formula is C14H13ClFNO2S. The van der Waals surface area contributed by atoms with Crippen LogP contribution in [-0.2, 0) is 10.8 Å². The average molecular weight is 314 g/mol. The fraction of sp³-hybridized carbons (Fsp3) is 0.143. The highest BCUT2D eigenvalue weighted by molar-refractivity contribution is 7.85. The Kier molecular flexibility index (Phi) is 4.98. The van der Waals surface area contributed by atoms with E-state index in [0.717, 1.165) is 0 Å². The van der Waals surface area contributed by atoms with Gasteiger partial charge in [0.1, 0.15) is 18.2 Å². The van der Waals surface area contributed by atoms with E-state index < -0.39 is 16.6 Å². The third kappa shape index (κ3) is 3.71. The second kappa shape index (κ2) is 6.72. The minimum absolute atomic E-state index is 0.0379. The van der Waals surface area contributed by atoms with Crippen LogP contribution in [0.3, 0.4) is 0 Å². The first-order valence-electron chi connectivity index (χ1n) is 5.88. The third-order valence-corrected chi connectivity index (χ3v) is 4.21. The number of hydrogen-bond acceptors (Lipinski definition) is 3. The summed E-state index contributed by atoms with van der Waals surface area (Å²) < 4.78 is 30.5. The van der Waals surface area contributed by atoms with Crippen LogP contribution in [0.4, 0.5) is 10.1 Å². The normalized spacial score (nSPS) is 12.1. The van der Waals surface area contributed by atoms with Crippen LogP contribution in [0.15, 0.2) is 47.4 Å². The van der Waals surface area contributed by atoms with Gasteiger partial charge in [0, 0.05) is 4.90 Å². The Bertz CT molecular complexity index is 636. The molecule has 0 fully saturated rings. The van der Waals surface area contributed by atoms with E-state index in [1.54, 1.807) is 18.2 Å². The number of benzene rings is 2. The Labute approximate surface area is 124 Å². The second-order valence-corrected chi connectivity index (χ2v) is 5.99. The standard InChI is InChI=1S/C14H13ClFNO2S/c15-11-9-10(5-6-12(11)16)20(18)8-7-19-14-4-2-1-3-13(14)17/h1-6,9H,7-8,17H2. The SMILES string of the molecule is Nc1ccccc1OCCS(=O)c1ccc(F)c(Cl)c1. The number of hydrogen-bond donors (Lipinski definition) is 1. The van der Waals surface area contributed by atoms with Crippen molar-refractivity contribution in [3.63, 3.8) is 0 Å². The van der Waals surface area contributed by atoms with Gasteiger partial charge in [-0.1, -0.05) is 23.7 Å². The molecule has 0 saturated carbocycles. The molecule has 0 spiro atoms. The predicted molar refractivity (Wildman–Crippen MR) is 79.0 cm³/mol. The van der Waals surface area contributed by atoms with Gasteiger partial charge in [-0.3, -0.25) is 4.21 Å². The summed E-state index contributed by atoms with van der Waals surface area (Å²) in [4.78, 5) is 0.473. The minimum Gasteiger partial charge on any atom is -0.490 e. The number of anilines is 1. The lowest BCUT2D eigenvalue weighted by atomic mass is 10.3. The van der Waals surface area contributed by atoms with Gasteiger partial charge in [-0.2, -0.15) is 0 Å². The molecule has 0 radical (unpaired) electrons. The highest BCUT2D eigenvalue weighted by Crippen LogP contribution is 2.21. The molecule has 2 rings (SSSR count). The van der Waals surface area contributed by atoms with Crippen molar-refractivity contribution in [1.82, 2.24) is 0 Å². The van der Waals surface area contributed by atoms with Gasteiger partial charge in [0.25, 0.3) is 0 Å². The quantitative estimate of drug-likeness (QED) is 0.862. The molecule has 2 aromatic carbocycles. The molecule has 0 saturated heterocycles. The number of para-hydroxylation sites is 2. The molecule has 3 nitrogen and oxygen atoms in total. The van der Waals surface area contributed by atoms with Crippen LogP contribution in [0.5, 0.6) is 5.75 Å². The van der Waals surface area contributed by atoms with Gasteiger partial charge in [0.2, 0.25) is 0 Å². The van der Waals surface area contributed by atoms with Crippen molar-refractivity contribution in [1.29, 1.82) is 0 Å². The van der Waals surface area contributed by atoms with Crippen LogP contribution in [-0.4, -0.2) is 16.6 Å². The van der Waals surface area contributed by atoms with E-state index in [-0.39, 0.29) is 17.4 Å². The van der Waals surface area contributed by atoms with E-state index >= 15 is 0 Å². The van der Waals surface area contributed by atoms with E-state index in [4.69, 9.17) is 22.1 Å². The van der Waals surface area contributed by atoms with Gasteiger partial charge in [-0.25, -0.2) is 4.39 Å². The smallest absolute Gasteiger partial charge is 0.142 e. The molecule has 2 N–H and O–H groups in total. The lowest BCUT2D eigenvalue weighted by Crippen LogP contribution is -2.09. The van der Waals surface area contributed by atoms with Crippen molar-refractivity contribution in [2.24, 2.45) is 0 Å². The predicted octanol–water partition coefficient (Wildman–Crippen LogP) is 3.25. The fourth-order valence-corrected chi connectivity index (χ4v) is 2.76. The van der Waals surface area contributed by atoms with E-state index in [1.807, 2.05) is 6.07 Å². The zero-order valence-electron chi connectivity index (χ0n) is 10.5. The summed E-state index contributed by atoms with van der Waals surface area (Å²) in [5.41, 5.74) is 6.26. The summed E-state index contributed by atoms with van der Waals surface area (Å²) in [6.45, 7) is 0.246. The lowest BCUT2D eigenvalue weighted by Gasteiger charge is -2.08. The largest absolute Gasteiger partial charge is 0.490 e. The fourth-order valence-electron chi connectivity index (χ4n) is 1.58. The first-order chi connectivity index (χ1) is 9.58. The second-order valence-electron chi connectivity index (χ2n) is 4.01. The van der Waals surface area contributed by atoms with E-state index in [1.165, 1.54) is 18.2 Å². The molecule has 0 aliphatic rings. The molecule has 0 bridgehead atoms. The Balaban J connectivity index is 1.92. The zero-order chi connectivity index (χ0) is 14.5. The monoisotopic (exact) mass is 313 g/mol.